The number of carbonyl (C=O) groups excluding carboxylic acids is 1. The number of hydrogen-bond donors (Lipinski definition) is 4. The number of allylic oxidation sites excluding steroid dienone is 1. The van der Waals surface area contributed by atoms with Gasteiger partial charge in [-0.1, -0.05) is 41.5 Å². The van der Waals surface area contributed by atoms with Crippen LogP contribution < -0.4 is 22.3 Å². The molecule has 45 heavy (non-hydrogen) atoms. The minimum absolute atomic E-state index is 0. The van der Waals surface area contributed by atoms with Crippen LogP contribution in [0.3, 0.4) is 0 Å². The zero-order valence-electron chi connectivity index (χ0n) is 24.2. The minimum Gasteiger partial charge on any atom is -0.396 e. The number of nitrogens with one attached hydrogen (secondary N) is 1. The fourth-order valence-corrected chi connectivity index (χ4v) is 5.90. The van der Waals surface area contributed by atoms with Crippen LogP contribution in [0.15, 0.2) is 70.9 Å². The first-order valence-corrected chi connectivity index (χ1v) is 16.1. The number of nitrogens with two attached hydrogens (primary N) is 2. The van der Waals surface area contributed by atoms with E-state index in [4.69, 9.17) is 39.7 Å². The molecule has 0 bridgehead atoms. The first kappa shape index (κ1) is 36.6. The van der Waals surface area contributed by atoms with Crippen molar-refractivity contribution in [2.24, 2.45) is 16.5 Å². The van der Waals surface area contributed by atoms with E-state index in [0.717, 1.165) is 38.1 Å². The largest absolute Gasteiger partial charge is 0.416 e. The summed E-state index contributed by atoms with van der Waals surface area (Å²) in [4.78, 5) is 19.5. The van der Waals surface area contributed by atoms with E-state index in [1.165, 1.54) is 35.6 Å². The summed E-state index contributed by atoms with van der Waals surface area (Å²) in [5.74, 6) is 5.73. The fraction of sp³-hybridized carbons (Fsp3) is 0.290. The summed E-state index contributed by atoms with van der Waals surface area (Å²) in [6, 6.07) is 13.2. The second-order valence-corrected chi connectivity index (χ2v) is 12.7. The molecular formula is C31H33Cl2F3N6OS2. The quantitative estimate of drug-likeness (QED) is 0.0363. The predicted octanol–water partition coefficient (Wildman–Crippen LogP) is 7.53. The van der Waals surface area contributed by atoms with E-state index in [0.29, 0.717) is 55.3 Å². The third-order valence-electron chi connectivity index (χ3n) is 6.39. The molecule has 2 heterocycles. The van der Waals surface area contributed by atoms with E-state index in [2.05, 4.69) is 20.9 Å². The number of rotatable bonds is 13. The van der Waals surface area contributed by atoms with Gasteiger partial charge in [0.1, 0.15) is 0 Å². The molecule has 4 rings (SSSR count). The third kappa shape index (κ3) is 11.2. The first-order valence-electron chi connectivity index (χ1n) is 13.8. The maximum Gasteiger partial charge on any atom is 0.416 e. The van der Waals surface area contributed by atoms with Crippen LogP contribution in [0.4, 0.5) is 18.9 Å². The molecule has 1 aliphatic heterocycles. The van der Waals surface area contributed by atoms with Crippen molar-refractivity contribution in [1.29, 1.82) is 0 Å². The summed E-state index contributed by atoms with van der Waals surface area (Å²) in [7, 11) is 0. The average molecular weight is 698 g/mol. The molecule has 8 N–H and O–H groups in total. The zero-order valence-corrected chi connectivity index (χ0v) is 27.4. The highest BCUT2D eigenvalue weighted by atomic mass is 35.5. The topological polar surface area (TPSA) is 132 Å². The number of ketones is 1. The van der Waals surface area contributed by atoms with Gasteiger partial charge in [0.05, 0.1) is 37.4 Å². The Balaban J connectivity index is 0.00000552. The highest BCUT2D eigenvalue weighted by molar-refractivity contribution is 7.95. The molecule has 0 amide bonds. The van der Waals surface area contributed by atoms with Crippen molar-refractivity contribution in [3.05, 3.63) is 96.8 Å². The summed E-state index contributed by atoms with van der Waals surface area (Å²) in [5.41, 5.74) is 13.4. The van der Waals surface area contributed by atoms with Gasteiger partial charge in [-0.05, 0) is 74.0 Å². The van der Waals surface area contributed by atoms with E-state index in [1.54, 1.807) is 24.3 Å². The molecule has 14 heteroatoms. The van der Waals surface area contributed by atoms with Crippen molar-refractivity contribution in [3.63, 3.8) is 0 Å². The second-order valence-electron chi connectivity index (χ2n) is 9.80. The lowest BCUT2D eigenvalue weighted by molar-refractivity contribution is -0.137. The number of halogens is 5. The Labute approximate surface area is 279 Å². The second kappa shape index (κ2) is 17.2. The van der Waals surface area contributed by atoms with Gasteiger partial charge in [-0.25, -0.2) is 14.0 Å². The minimum atomic E-state index is -4.42. The number of carbonyl (C=O) groups is 1. The normalized spacial score (nSPS) is 13.9. The Hall–Kier alpha value is -2.86. The molecule has 7 nitrogen and oxygen atoms in total. The summed E-state index contributed by atoms with van der Waals surface area (Å²) >= 11 is 15.4. The molecular weight excluding hydrogens is 664 g/mol. The average Bonchev–Trinajstić information content (AvgIpc) is 3.70. The van der Waals surface area contributed by atoms with Crippen LogP contribution in [-0.4, -0.2) is 42.0 Å². The van der Waals surface area contributed by atoms with Crippen LogP contribution in [-0.2, 0) is 11.0 Å². The van der Waals surface area contributed by atoms with Gasteiger partial charge in [-0.3, -0.25) is 4.79 Å². The molecule has 0 unspecified atom stereocenters. The fourth-order valence-electron chi connectivity index (χ4n) is 3.92. The van der Waals surface area contributed by atoms with Gasteiger partial charge in [-0.15, -0.1) is 11.3 Å². The Morgan fingerprint density at radius 3 is 2.42 bits per heavy atom. The molecule has 1 saturated heterocycles. The third-order valence-corrected chi connectivity index (χ3v) is 8.83. The lowest BCUT2D eigenvalue weighted by Crippen LogP contribution is -2.25. The maximum atomic E-state index is 13.3. The summed E-state index contributed by atoms with van der Waals surface area (Å²) in [6.45, 7) is 2.72. The number of benzene rings is 2. The SMILES string of the molecule is N.NCCCCCC(=O)/C(N)=C(\CNSN1CC1)C(=Nc1ccc(Cl)cc1Cl)c1ccc(C#Cc2ccc(C(F)(F)F)cc2)s1. The van der Waals surface area contributed by atoms with Gasteiger partial charge in [0, 0.05) is 54.3 Å². The molecule has 0 atom stereocenters. The van der Waals surface area contributed by atoms with Crippen LogP contribution in [0.2, 0.25) is 10.0 Å². The Bertz CT molecular complexity index is 1590. The van der Waals surface area contributed by atoms with Crippen LogP contribution in [0.5, 0.6) is 0 Å². The van der Waals surface area contributed by atoms with Crippen molar-refractivity contribution in [2.45, 2.75) is 31.9 Å². The van der Waals surface area contributed by atoms with Gasteiger partial charge in [0.15, 0.2) is 5.78 Å². The number of hydrogen-bond acceptors (Lipinski definition) is 9. The highest BCUT2D eigenvalue weighted by Gasteiger charge is 2.30. The van der Waals surface area contributed by atoms with Crippen molar-refractivity contribution in [3.8, 4) is 11.8 Å². The molecule has 3 aromatic rings. The van der Waals surface area contributed by atoms with Crippen LogP contribution in [0.25, 0.3) is 0 Å². The van der Waals surface area contributed by atoms with Crippen LogP contribution in [0, 0.1) is 11.8 Å². The smallest absolute Gasteiger partial charge is 0.396 e. The standard InChI is InChI=1S/C31H30Cl2F3N5OS2.H3N/c32-22-10-13-26(25(33)18-22)40-30(24(19-39-44-41-16-17-41)29(38)27(42)4-2-1-3-15-37)28-14-12-23(43-28)11-7-20-5-8-21(9-6-20)31(34,35)36;/h5-6,8-10,12-14,18,39H,1-4,15-17,19,37-38H2;1H3/b29-24-,40-30?;. The lowest BCUT2D eigenvalue weighted by Gasteiger charge is -2.15. The maximum absolute atomic E-state index is 13.3. The van der Waals surface area contributed by atoms with Gasteiger partial charge in [0.25, 0.3) is 0 Å². The van der Waals surface area contributed by atoms with E-state index in [9.17, 15) is 18.0 Å². The first-order chi connectivity index (χ1) is 21.0. The molecule has 0 radical (unpaired) electrons. The van der Waals surface area contributed by atoms with Gasteiger partial charge in [-0.2, -0.15) is 13.2 Å². The van der Waals surface area contributed by atoms with Gasteiger partial charge < -0.3 is 17.6 Å². The number of aliphatic imine (C=N–C) groups is 1. The van der Waals surface area contributed by atoms with Crippen molar-refractivity contribution in [1.82, 2.24) is 15.2 Å². The number of unbranched alkanes of at least 4 members (excludes halogenated alkanes) is 2. The Morgan fingerprint density at radius 2 is 1.78 bits per heavy atom. The number of thiophene rings is 1. The number of nitrogens with zero attached hydrogens (tertiary/aromatic N) is 2. The van der Waals surface area contributed by atoms with Gasteiger partial charge >= 0.3 is 6.18 Å². The van der Waals surface area contributed by atoms with E-state index in [1.807, 2.05) is 6.07 Å². The Kier molecular flexibility index (Phi) is 14.0. The zero-order chi connectivity index (χ0) is 31.7. The Morgan fingerprint density at radius 1 is 1.04 bits per heavy atom. The van der Waals surface area contributed by atoms with Crippen molar-refractivity contribution < 1.29 is 18.0 Å². The molecule has 1 aromatic heterocycles. The summed E-state index contributed by atoms with van der Waals surface area (Å²) < 4.78 is 44.2. The van der Waals surface area contributed by atoms with E-state index in [-0.39, 0.29) is 30.6 Å². The highest BCUT2D eigenvalue weighted by Crippen LogP contribution is 2.32. The monoisotopic (exact) mass is 696 g/mol. The van der Waals surface area contributed by atoms with E-state index >= 15 is 0 Å². The predicted molar refractivity (Wildman–Crippen MR) is 180 cm³/mol. The number of Topliss-reactive ketones (excluding diaryl/α,β-unsaturated/α-hetero) is 1. The molecule has 0 spiro atoms. The molecule has 2 aromatic carbocycles. The molecule has 0 saturated carbocycles. The van der Waals surface area contributed by atoms with Gasteiger partial charge in [0.2, 0.25) is 0 Å². The van der Waals surface area contributed by atoms with Crippen molar-refractivity contribution in [2.75, 3.05) is 26.2 Å². The lowest BCUT2D eigenvalue weighted by atomic mass is 10.0. The molecule has 1 fully saturated rings. The summed E-state index contributed by atoms with van der Waals surface area (Å²) in [6.07, 6.45) is -1.83. The van der Waals surface area contributed by atoms with Crippen molar-refractivity contribution >= 4 is 63.9 Å². The molecule has 0 aliphatic carbocycles. The van der Waals surface area contributed by atoms with Crippen LogP contribution >= 0.6 is 46.7 Å². The molecule has 1 aliphatic rings. The number of alkyl halides is 3. The summed E-state index contributed by atoms with van der Waals surface area (Å²) in [5, 5.41) is 0.776. The van der Waals surface area contributed by atoms with E-state index < -0.39 is 11.7 Å². The molecule has 240 valence electrons. The van der Waals surface area contributed by atoms with Crippen LogP contribution in [0.1, 0.15) is 46.6 Å².